The van der Waals surface area contributed by atoms with E-state index >= 15 is 0 Å². The van der Waals surface area contributed by atoms with E-state index in [1.807, 2.05) is 56.3 Å². The highest BCUT2D eigenvalue weighted by molar-refractivity contribution is 8.14. The number of aryl methyl sites for hydroxylation is 2. The van der Waals surface area contributed by atoms with E-state index in [9.17, 15) is 9.59 Å². The number of anilines is 2. The number of hydrogen-bond acceptors (Lipinski definition) is 5. The van der Waals surface area contributed by atoms with E-state index in [2.05, 4.69) is 10.3 Å². The molecule has 36 heavy (non-hydrogen) atoms. The van der Waals surface area contributed by atoms with Crippen molar-refractivity contribution in [2.75, 3.05) is 23.1 Å². The lowest BCUT2D eigenvalue weighted by Gasteiger charge is -2.19. The number of amides is 2. The predicted molar refractivity (Wildman–Crippen MR) is 149 cm³/mol. The van der Waals surface area contributed by atoms with E-state index in [1.54, 1.807) is 31.4 Å². The molecule has 0 saturated heterocycles. The molecule has 3 aromatic rings. The van der Waals surface area contributed by atoms with E-state index in [1.165, 1.54) is 4.90 Å². The monoisotopic (exact) mass is 539 g/mol. The average molecular weight is 540 g/mol. The topological polar surface area (TPSA) is 71.0 Å². The van der Waals surface area contributed by atoms with Crippen molar-refractivity contribution in [1.82, 2.24) is 0 Å². The molecule has 1 aliphatic rings. The lowest BCUT2D eigenvalue weighted by atomic mass is 10.1. The Bertz CT molecular complexity index is 1350. The molecule has 9 heteroatoms. The van der Waals surface area contributed by atoms with Gasteiger partial charge in [-0.15, -0.1) is 0 Å². The van der Waals surface area contributed by atoms with Crippen molar-refractivity contribution in [3.63, 3.8) is 0 Å². The number of thioether (sulfide) groups is 1. The zero-order valence-corrected chi connectivity index (χ0v) is 22.2. The smallest absolute Gasteiger partial charge is 0.283 e. The number of rotatable bonds is 6. The summed E-state index contributed by atoms with van der Waals surface area (Å²) < 4.78 is 5.21. The molecule has 0 aliphatic carbocycles. The molecule has 0 saturated carbocycles. The minimum atomic E-state index is -0.321. The number of aliphatic imine (C=N–C) groups is 1. The quantitative estimate of drug-likeness (QED) is 0.352. The molecule has 0 unspecified atom stereocenters. The minimum Gasteiger partial charge on any atom is -0.497 e. The molecule has 1 N–H and O–H groups in total. The number of hydrogen-bond donors (Lipinski definition) is 1. The number of nitrogens with zero attached hydrogens (tertiary/aromatic N) is 2. The Hall–Kier alpha value is -3.26. The fraction of sp³-hybridized carbons (Fsp3) is 0.148. The zero-order chi connectivity index (χ0) is 25.8. The van der Waals surface area contributed by atoms with Crippen LogP contribution in [0.3, 0.4) is 0 Å². The second kappa shape index (κ2) is 11.2. The Morgan fingerprint density at radius 3 is 2.31 bits per heavy atom. The molecule has 4 rings (SSSR count). The normalized spacial score (nSPS) is 14.2. The highest BCUT2D eigenvalue weighted by atomic mass is 35.5. The third-order valence-corrected chi connectivity index (χ3v) is 6.84. The van der Waals surface area contributed by atoms with Gasteiger partial charge in [-0.1, -0.05) is 59.2 Å². The summed E-state index contributed by atoms with van der Waals surface area (Å²) in [5, 5.41) is 3.83. The Morgan fingerprint density at radius 1 is 1.06 bits per heavy atom. The van der Waals surface area contributed by atoms with Crippen LogP contribution in [0.4, 0.5) is 11.4 Å². The second-order valence-electron chi connectivity index (χ2n) is 8.12. The van der Waals surface area contributed by atoms with E-state index in [0.717, 1.165) is 34.2 Å². The summed E-state index contributed by atoms with van der Waals surface area (Å²) >= 11 is 13.5. The van der Waals surface area contributed by atoms with Crippen LogP contribution in [-0.2, 0) is 9.59 Å². The summed E-state index contributed by atoms with van der Waals surface area (Å²) in [6.45, 7) is 3.94. The van der Waals surface area contributed by atoms with Crippen molar-refractivity contribution in [1.29, 1.82) is 0 Å². The number of halogens is 2. The number of para-hydroxylation sites is 1. The summed E-state index contributed by atoms with van der Waals surface area (Å²) in [5.74, 6) is 0.132. The first kappa shape index (κ1) is 25.8. The molecule has 1 heterocycles. The number of ether oxygens (including phenoxy) is 1. The third kappa shape index (κ3) is 5.93. The lowest BCUT2D eigenvalue weighted by molar-refractivity contribution is -0.114. The Labute approximate surface area is 224 Å². The van der Waals surface area contributed by atoms with Crippen LogP contribution in [0.15, 0.2) is 71.4 Å². The van der Waals surface area contributed by atoms with Gasteiger partial charge in [-0.05, 0) is 73.0 Å². The van der Waals surface area contributed by atoms with Gasteiger partial charge in [-0.3, -0.25) is 14.5 Å². The van der Waals surface area contributed by atoms with E-state index < -0.39 is 0 Å². The van der Waals surface area contributed by atoms with Crippen molar-refractivity contribution >= 4 is 69.4 Å². The molecule has 3 aromatic carbocycles. The maximum absolute atomic E-state index is 13.5. The van der Waals surface area contributed by atoms with Crippen molar-refractivity contribution < 1.29 is 14.3 Å². The number of amidine groups is 1. The van der Waals surface area contributed by atoms with Crippen LogP contribution >= 0.6 is 35.0 Å². The van der Waals surface area contributed by atoms with Gasteiger partial charge in [0, 0.05) is 0 Å². The van der Waals surface area contributed by atoms with Crippen molar-refractivity contribution in [2.45, 2.75) is 13.8 Å². The fourth-order valence-electron chi connectivity index (χ4n) is 3.68. The van der Waals surface area contributed by atoms with E-state index in [0.29, 0.717) is 26.6 Å². The van der Waals surface area contributed by atoms with Crippen LogP contribution in [0.5, 0.6) is 5.75 Å². The van der Waals surface area contributed by atoms with Gasteiger partial charge in [0.15, 0.2) is 5.17 Å². The summed E-state index contributed by atoms with van der Waals surface area (Å²) in [5.41, 5.74) is 4.15. The van der Waals surface area contributed by atoms with Gasteiger partial charge >= 0.3 is 0 Å². The van der Waals surface area contributed by atoms with Crippen LogP contribution in [0, 0.1) is 13.8 Å². The maximum atomic E-state index is 13.5. The first-order valence-corrected chi connectivity index (χ1v) is 12.7. The number of nitrogens with one attached hydrogen (secondary N) is 1. The molecule has 6 nitrogen and oxygen atoms in total. The van der Waals surface area contributed by atoms with Crippen LogP contribution in [-0.4, -0.2) is 29.8 Å². The molecule has 0 spiro atoms. The molecule has 0 atom stereocenters. The van der Waals surface area contributed by atoms with Crippen LogP contribution in [0.25, 0.3) is 6.08 Å². The fourth-order valence-corrected chi connectivity index (χ4v) is 4.99. The maximum Gasteiger partial charge on any atom is 0.283 e. The predicted octanol–water partition coefficient (Wildman–Crippen LogP) is 6.73. The number of methoxy groups -OCH3 is 1. The average Bonchev–Trinajstić information content (AvgIpc) is 3.15. The number of carbonyl (C=O) groups is 2. The molecule has 0 fully saturated rings. The lowest BCUT2D eigenvalue weighted by Crippen LogP contribution is -2.31. The first-order valence-electron chi connectivity index (χ1n) is 11.0. The van der Waals surface area contributed by atoms with Gasteiger partial charge in [-0.25, -0.2) is 4.99 Å². The van der Waals surface area contributed by atoms with Gasteiger partial charge in [-0.2, -0.15) is 0 Å². The highest BCUT2D eigenvalue weighted by Gasteiger charge is 2.32. The first-order chi connectivity index (χ1) is 17.2. The minimum absolute atomic E-state index is 0.00474. The highest BCUT2D eigenvalue weighted by Crippen LogP contribution is 2.32. The van der Waals surface area contributed by atoms with Crippen LogP contribution < -0.4 is 15.0 Å². The van der Waals surface area contributed by atoms with Gasteiger partial charge < -0.3 is 10.1 Å². The van der Waals surface area contributed by atoms with Gasteiger partial charge in [0.1, 0.15) is 11.4 Å². The zero-order valence-electron chi connectivity index (χ0n) is 19.8. The van der Waals surface area contributed by atoms with Gasteiger partial charge in [0.25, 0.3) is 5.91 Å². The van der Waals surface area contributed by atoms with Gasteiger partial charge in [0.2, 0.25) is 5.91 Å². The Balaban J connectivity index is 1.61. The third-order valence-electron chi connectivity index (χ3n) is 5.27. The standard InChI is InChI=1S/C27H23Cl2N3O3S/c1-16-11-17(2)13-19(12-16)32-26(34)23(14-18-7-9-20(35-3)10-8-18)30-27(32)36-15-24(33)31-25-21(28)5-4-6-22(25)29/h4-14H,15H2,1-3H3,(H,31,33). The molecule has 0 aromatic heterocycles. The number of benzene rings is 3. The number of carbonyl (C=O) groups excluding carboxylic acids is 2. The van der Waals surface area contributed by atoms with Crippen molar-refractivity contribution in [3.8, 4) is 5.75 Å². The van der Waals surface area contributed by atoms with Crippen molar-refractivity contribution in [2.24, 2.45) is 4.99 Å². The molecular weight excluding hydrogens is 517 g/mol. The summed E-state index contributed by atoms with van der Waals surface area (Å²) in [6, 6.07) is 18.2. The van der Waals surface area contributed by atoms with E-state index in [4.69, 9.17) is 27.9 Å². The van der Waals surface area contributed by atoms with Crippen LogP contribution in [0.2, 0.25) is 10.0 Å². The largest absolute Gasteiger partial charge is 0.497 e. The van der Waals surface area contributed by atoms with E-state index in [-0.39, 0.29) is 23.3 Å². The SMILES string of the molecule is COc1ccc(C=C2N=C(SCC(=O)Nc3c(Cl)cccc3Cl)N(c3cc(C)cc(C)c3)C2=O)cc1. The second-order valence-corrected chi connectivity index (χ2v) is 9.87. The van der Waals surface area contributed by atoms with Crippen LogP contribution in [0.1, 0.15) is 16.7 Å². The molecule has 0 radical (unpaired) electrons. The summed E-state index contributed by atoms with van der Waals surface area (Å²) in [6.07, 6.45) is 1.72. The van der Waals surface area contributed by atoms with Gasteiger partial charge in [0.05, 0.1) is 34.3 Å². The molecule has 2 amide bonds. The van der Waals surface area contributed by atoms with Crippen molar-refractivity contribution in [3.05, 3.63) is 93.1 Å². The summed E-state index contributed by atoms with van der Waals surface area (Å²) in [4.78, 5) is 32.3. The summed E-state index contributed by atoms with van der Waals surface area (Å²) in [7, 11) is 1.60. The molecule has 1 aliphatic heterocycles. The Kier molecular flexibility index (Phi) is 8.04. The molecule has 0 bridgehead atoms. The Morgan fingerprint density at radius 2 is 1.69 bits per heavy atom. The molecule has 184 valence electrons. The molecular formula is C27H23Cl2N3O3S.